The van der Waals surface area contributed by atoms with Gasteiger partial charge in [-0.1, -0.05) is 12.8 Å². The van der Waals surface area contributed by atoms with Gasteiger partial charge in [-0.3, -0.25) is 0 Å². The Morgan fingerprint density at radius 2 is 1.20 bits per heavy atom. The summed E-state index contributed by atoms with van der Waals surface area (Å²) in [7, 11) is 0. The molecule has 2 aliphatic rings. The molecule has 2 heteroatoms. The number of fused-ring (bicyclic) bond motifs is 1. The van der Waals surface area contributed by atoms with Gasteiger partial charge < -0.3 is 0 Å². The van der Waals surface area contributed by atoms with Gasteiger partial charge in [0.25, 0.3) is 0 Å². The minimum Gasteiger partial charge on any atom is -0.121 e. The second kappa shape index (κ2) is 2.57. The molecule has 0 N–H and O–H groups in total. The Morgan fingerprint density at radius 3 is 1.60 bits per heavy atom. The largest absolute Gasteiger partial charge is 0.121 e. The zero-order valence-corrected chi connectivity index (χ0v) is 7.41. The Kier molecular flexibility index (Phi) is 1.86. The highest BCUT2D eigenvalue weighted by Crippen LogP contribution is 2.50. The maximum atomic E-state index is 6.04. The number of alkyl halides is 2. The molecule has 2 fully saturated rings. The van der Waals surface area contributed by atoms with Crippen LogP contribution in [0.4, 0.5) is 0 Å². The zero-order valence-electron chi connectivity index (χ0n) is 5.89. The smallest absolute Gasteiger partial charge is 0.0533 e. The van der Waals surface area contributed by atoms with Crippen LogP contribution in [-0.4, -0.2) is 10.8 Å². The first kappa shape index (κ1) is 7.24. The van der Waals surface area contributed by atoms with Crippen LogP contribution in [0.2, 0.25) is 0 Å². The Bertz CT molecular complexity index is 119. The Morgan fingerprint density at radius 1 is 0.800 bits per heavy atom. The third kappa shape index (κ3) is 0.887. The molecule has 0 saturated heterocycles. The number of rotatable bonds is 0. The van der Waals surface area contributed by atoms with Gasteiger partial charge in [0.05, 0.1) is 10.8 Å². The fraction of sp³-hybridized carbons (Fsp3) is 1.00. The average molecular weight is 179 g/mol. The molecule has 0 nitrogen and oxygen atoms in total. The van der Waals surface area contributed by atoms with Crippen molar-refractivity contribution in [3.05, 3.63) is 0 Å². The van der Waals surface area contributed by atoms with E-state index in [-0.39, 0.29) is 10.8 Å². The molecule has 0 amide bonds. The minimum atomic E-state index is 0.284. The molecule has 0 spiro atoms. The molecule has 10 heavy (non-hydrogen) atoms. The molecule has 0 radical (unpaired) electrons. The average Bonchev–Trinajstić information content (AvgIpc) is 2.03. The summed E-state index contributed by atoms with van der Waals surface area (Å²) in [6.07, 6.45) is 5.38. The van der Waals surface area contributed by atoms with E-state index in [2.05, 4.69) is 0 Å². The summed E-state index contributed by atoms with van der Waals surface area (Å²) in [5, 5.41) is 0.568. The van der Waals surface area contributed by atoms with Gasteiger partial charge in [-0.15, -0.1) is 23.2 Å². The van der Waals surface area contributed by atoms with E-state index in [0.717, 1.165) is 11.8 Å². The minimum absolute atomic E-state index is 0.284. The van der Waals surface area contributed by atoms with Gasteiger partial charge in [-0.05, 0) is 24.7 Å². The predicted molar refractivity (Wildman–Crippen MR) is 44.7 cm³/mol. The van der Waals surface area contributed by atoms with Gasteiger partial charge in [0, 0.05) is 0 Å². The first-order chi connectivity index (χ1) is 4.80. The van der Waals surface area contributed by atoms with Crippen LogP contribution in [-0.2, 0) is 0 Å². The summed E-state index contributed by atoms with van der Waals surface area (Å²) in [5.41, 5.74) is 0. The molecule has 2 unspecified atom stereocenters. The van der Waals surface area contributed by atoms with E-state index < -0.39 is 0 Å². The summed E-state index contributed by atoms with van der Waals surface area (Å²) < 4.78 is 0. The molecular weight excluding hydrogens is 167 g/mol. The highest BCUT2D eigenvalue weighted by atomic mass is 35.5. The molecule has 4 atom stereocenters. The molecule has 2 saturated carbocycles. The van der Waals surface area contributed by atoms with Gasteiger partial charge in [-0.2, -0.15) is 0 Å². The lowest BCUT2D eigenvalue weighted by Gasteiger charge is -2.49. The second-order valence-electron chi connectivity index (χ2n) is 3.50. The molecule has 58 valence electrons. The summed E-state index contributed by atoms with van der Waals surface area (Å²) in [4.78, 5) is 0. The van der Waals surface area contributed by atoms with Crippen LogP contribution in [0.25, 0.3) is 0 Å². The molecule has 0 heterocycles. The third-order valence-electron chi connectivity index (χ3n) is 3.00. The summed E-state index contributed by atoms with van der Waals surface area (Å²) >= 11 is 12.1. The molecule has 0 bridgehead atoms. The Hall–Kier alpha value is 0.580. The van der Waals surface area contributed by atoms with Crippen LogP contribution in [0.5, 0.6) is 0 Å². The topological polar surface area (TPSA) is 0 Å². The standard InChI is InChI=1S/C8H12Cl2/c9-7-5-3-1-2-4-6(5)8(7)10/h5-8H,1-4H2/t5?,6?,7-,8-/m1/s1. The van der Waals surface area contributed by atoms with Crippen molar-refractivity contribution in [3.63, 3.8) is 0 Å². The monoisotopic (exact) mass is 178 g/mol. The van der Waals surface area contributed by atoms with Gasteiger partial charge in [-0.25, -0.2) is 0 Å². The molecule has 0 aromatic carbocycles. The van der Waals surface area contributed by atoms with E-state index in [0.29, 0.717) is 0 Å². The van der Waals surface area contributed by atoms with E-state index >= 15 is 0 Å². The number of hydrogen-bond donors (Lipinski definition) is 0. The fourth-order valence-corrected chi connectivity index (χ4v) is 3.31. The lowest BCUT2D eigenvalue weighted by atomic mass is 9.65. The summed E-state index contributed by atoms with van der Waals surface area (Å²) in [6, 6.07) is 0. The maximum absolute atomic E-state index is 6.04. The van der Waals surface area contributed by atoms with E-state index in [9.17, 15) is 0 Å². The van der Waals surface area contributed by atoms with Gasteiger partial charge in [0.15, 0.2) is 0 Å². The quantitative estimate of drug-likeness (QED) is 0.501. The van der Waals surface area contributed by atoms with Crippen molar-refractivity contribution in [2.24, 2.45) is 11.8 Å². The Balaban J connectivity index is 2.00. The SMILES string of the molecule is Cl[C@@H]1C2CCCCC2[C@H]1Cl. The molecule has 2 aliphatic carbocycles. The molecule has 2 rings (SSSR count). The van der Waals surface area contributed by atoms with Crippen LogP contribution >= 0.6 is 23.2 Å². The number of hydrogen-bond acceptors (Lipinski definition) is 0. The van der Waals surface area contributed by atoms with Gasteiger partial charge >= 0.3 is 0 Å². The highest BCUT2D eigenvalue weighted by molar-refractivity contribution is 6.31. The highest BCUT2D eigenvalue weighted by Gasteiger charge is 2.48. The van der Waals surface area contributed by atoms with E-state index in [1.165, 1.54) is 25.7 Å². The maximum Gasteiger partial charge on any atom is 0.0533 e. The molecule has 0 aliphatic heterocycles. The molecule has 0 aromatic heterocycles. The van der Waals surface area contributed by atoms with Crippen molar-refractivity contribution in [2.45, 2.75) is 36.4 Å². The normalized spacial score (nSPS) is 53.4. The van der Waals surface area contributed by atoms with Crippen molar-refractivity contribution in [2.75, 3.05) is 0 Å². The van der Waals surface area contributed by atoms with Gasteiger partial charge in [0.1, 0.15) is 0 Å². The van der Waals surface area contributed by atoms with Crippen LogP contribution in [0.3, 0.4) is 0 Å². The summed E-state index contributed by atoms with van der Waals surface area (Å²) in [6.45, 7) is 0. The Labute approximate surface area is 71.9 Å². The fourth-order valence-electron chi connectivity index (χ4n) is 2.31. The van der Waals surface area contributed by atoms with E-state index in [4.69, 9.17) is 23.2 Å². The van der Waals surface area contributed by atoms with Crippen LogP contribution in [0.1, 0.15) is 25.7 Å². The van der Waals surface area contributed by atoms with Crippen molar-refractivity contribution >= 4 is 23.2 Å². The van der Waals surface area contributed by atoms with Crippen molar-refractivity contribution in [3.8, 4) is 0 Å². The van der Waals surface area contributed by atoms with Crippen molar-refractivity contribution < 1.29 is 0 Å². The molecular formula is C8H12Cl2. The first-order valence-corrected chi connectivity index (χ1v) is 4.96. The lowest BCUT2D eigenvalue weighted by Crippen LogP contribution is -2.50. The van der Waals surface area contributed by atoms with Crippen LogP contribution in [0.15, 0.2) is 0 Å². The van der Waals surface area contributed by atoms with E-state index in [1.54, 1.807) is 0 Å². The van der Waals surface area contributed by atoms with Crippen molar-refractivity contribution in [1.29, 1.82) is 0 Å². The predicted octanol–water partition coefficient (Wildman–Crippen LogP) is 3.02. The second-order valence-corrected chi connectivity index (χ2v) is 4.51. The number of halogens is 2. The van der Waals surface area contributed by atoms with Crippen LogP contribution in [0, 0.1) is 11.8 Å². The third-order valence-corrected chi connectivity index (χ3v) is 4.32. The molecule has 0 aromatic rings. The van der Waals surface area contributed by atoms with Crippen LogP contribution < -0.4 is 0 Å². The lowest BCUT2D eigenvalue weighted by molar-refractivity contribution is 0.128. The van der Waals surface area contributed by atoms with E-state index in [1.807, 2.05) is 0 Å². The first-order valence-electron chi connectivity index (χ1n) is 4.09. The van der Waals surface area contributed by atoms with Crippen molar-refractivity contribution in [1.82, 2.24) is 0 Å². The zero-order chi connectivity index (χ0) is 7.14. The summed E-state index contributed by atoms with van der Waals surface area (Å²) in [5.74, 6) is 1.52. The van der Waals surface area contributed by atoms with Gasteiger partial charge in [0.2, 0.25) is 0 Å².